The molecule has 14 heteroatoms. The van der Waals surface area contributed by atoms with Gasteiger partial charge in [-0.1, -0.05) is 12.1 Å². The molecule has 1 aliphatic rings. The van der Waals surface area contributed by atoms with E-state index in [1.165, 1.54) is 18.3 Å². The fourth-order valence-corrected chi connectivity index (χ4v) is 5.46. The number of halogens is 1. The van der Waals surface area contributed by atoms with Crippen LogP contribution in [0.4, 0.5) is 15.0 Å². The first-order valence-corrected chi connectivity index (χ1v) is 16.2. The van der Waals surface area contributed by atoms with Crippen molar-refractivity contribution in [1.29, 1.82) is 0 Å². The number of primary amides is 1. The van der Waals surface area contributed by atoms with Gasteiger partial charge in [0.15, 0.2) is 5.76 Å². The predicted molar refractivity (Wildman–Crippen MR) is 180 cm³/mol. The van der Waals surface area contributed by atoms with Crippen molar-refractivity contribution < 1.29 is 37.4 Å². The third-order valence-corrected chi connectivity index (χ3v) is 7.76. The molecular formula is C35H46FN5O8. The number of oxazole rings is 1. The molecule has 1 saturated heterocycles. The number of pyridine rings is 1. The van der Waals surface area contributed by atoms with Crippen LogP contribution in [0.5, 0.6) is 0 Å². The largest absolute Gasteiger partial charge is 0.460 e. The molecule has 3 aromatic rings. The molecule has 1 unspecified atom stereocenters. The summed E-state index contributed by atoms with van der Waals surface area (Å²) in [5.74, 6) is -2.93. The van der Waals surface area contributed by atoms with Crippen LogP contribution in [0.1, 0.15) is 78.8 Å². The molecule has 0 spiro atoms. The number of rotatable bonds is 11. The molecule has 1 aliphatic heterocycles. The second kappa shape index (κ2) is 15.3. The van der Waals surface area contributed by atoms with Gasteiger partial charge in [0, 0.05) is 44.3 Å². The Labute approximate surface area is 284 Å². The van der Waals surface area contributed by atoms with Gasteiger partial charge in [0.2, 0.25) is 5.91 Å². The van der Waals surface area contributed by atoms with Gasteiger partial charge < -0.3 is 24.4 Å². The Morgan fingerprint density at radius 1 is 1.06 bits per heavy atom. The molecule has 3 heterocycles. The van der Waals surface area contributed by atoms with Gasteiger partial charge in [-0.15, -0.1) is 0 Å². The van der Waals surface area contributed by atoms with Crippen molar-refractivity contribution in [3.05, 3.63) is 58.5 Å². The van der Waals surface area contributed by atoms with Crippen molar-refractivity contribution in [2.75, 3.05) is 25.5 Å². The Balaban J connectivity index is 1.58. The van der Waals surface area contributed by atoms with E-state index in [2.05, 4.69) is 15.2 Å². The Morgan fingerprint density at radius 3 is 2.33 bits per heavy atom. The van der Waals surface area contributed by atoms with Crippen molar-refractivity contribution in [1.82, 2.24) is 14.5 Å². The Morgan fingerprint density at radius 2 is 1.73 bits per heavy atom. The lowest BCUT2D eigenvalue weighted by Crippen LogP contribution is -2.36. The lowest BCUT2D eigenvalue weighted by molar-refractivity contribution is -0.155. The monoisotopic (exact) mass is 683 g/mol. The normalized spacial score (nSPS) is 15.1. The summed E-state index contributed by atoms with van der Waals surface area (Å²) in [5, 5.41) is 2.76. The number of nitrogens with zero attached hydrogens (tertiary/aromatic N) is 3. The van der Waals surface area contributed by atoms with Crippen LogP contribution in [0.15, 0.2) is 45.7 Å². The molecule has 266 valence electrons. The number of esters is 1. The van der Waals surface area contributed by atoms with E-state index in [-0.39, 0.29) is 36.1 Å². The maximum Gasteiger partial charge on any atom is 0.420 e. The maximum atomic E-state index is 15.6. The van der Waals surface area contributed by atoms with Crippen molar-refractivity contribution in [2.24, 2.45) is 5.73 Å². The van der Waals surface area contributed by atoms with Crippen LogP contribution in [0.2, 0.25) is 0 Å². The predicted octanol–water partition coefficient (Wildman–Crippen LogP) is 5.42. The minimum absolute atomic E-state index is 0.0434. The number of likely N-dealkylation sites (tertiary alicyclic amines) is 1. The zero-order chi connectivity index (χ0) is 36.1. The number of nitrogens with two attached hydrogens (primary N) is 1. The molecule has 2 amide bonds. The average Bonchev–Trinajstić information content (AvgIpc) is 3.36. The van der Waals surface area contributed by atoms with Crippen LogP contribution in [0.3, 0.4) is 0 Å². The van der Waals surface area contributed by atoms with E-state index in [0.717, 1.165) is 36.1 Å². The summed E-state index contributed by atoms with van der Waals surface area (Å²) >= 11 is 0. The van der Waals surface area contributed by atoms with Crippen LogP contribution >= 0.6 is 0 Å². The van der Waals surface area contributed by atoms with Crippen LogP contribution in [-0.2, 0) is 30.3 Å². The number of anilines is 1. The molecule has 4 rings (SSSR count). The van der Waals surface area contributed by atoms with Crippen LogP contribution < -0.4 is 16.8 Å². The van der Waals surface area contributed by atoms with E-state index < -0.39 is 46.8 Å². The highest BCUT2D eigenvalue weighted by molar-refractivity contribution is 5.85. The van der Waals surface area contributed by atoms with Gasteiger partial charge in [0.1, 0.15) is 28.9 Å². The molecule has 3 N–H and O–H groups in total. The summed E-state index contributed by atoms with van der Waals surface area (Å²) in [6, 6.07) is 6.61. The number of ether oxygens (including phenoxy) is 3. The number of carbonyl (C=O) groups excluding carboxylic acids is 3. The number of hydrogen-bond donors (Lipinski definition) is 2. The van der Waals surface area contributed by atoms with Crippen molar-refractivity contribution in [3.63, 3.8) is 0 Å². The first kappa shape index (κ1) is 37.3. The molecule has 49 heavy (non-hydrogen) atoms. The molecule has 0 saturated carbocycles. The fraction of sp³-hybridized carbons (Fsp3) is 0.514. The number of nitrogens with one attached hydrogen (secondary N) is 1. The maximum absolute atomic E-state index is 15.6. The second-order valence-electron chi connectivity index (χ2n) is 14.0. The Hall–Kier alpha value is -4.56. The van der Waals surface area contributed by atoms with E-state index in [9.17, 15) is 19.2 Å². The topological polar surface area (TPSA) is 168 Å². The second-order valence-corrected chi connectivity index (χ2v) is 14.0. The van der Waals surface area contributed by atoms with Gasteiger partial charge in [0.25, 0.3) is 0 Å². The molecule has 1 aromatic carbocycles. The van der Waals surface area contributed by atoms with E-state index in [1.807, 2.05) is 6.07 Å². The Bertz CT molecular complexity index is 1710. The van der Waals surface area contributed by atoms with E-state index in [4.69, 9.17) is 24.4 Å². The standard InChI is InChI=1S/C35H46FN5O8/c1-34(2,3)48-29(42)13-12-27(30(37)43)41-20-28(47-33(41)45)24-10-8-21(18-25(24)36)26-11-9-22(19-40-16-14-23(46-7)15-17-40)31(38-26)39-32(44)49-35(4,5)6/h8-11,18,20,23,27H,12-17,19H2,1-7H3,(H2,37,43)(H,38,39,44). The minimum atomic E-state index is -1.22. The van der Waals surface area contributed by atoms with Gasteiger partial charge in [-0.3, -0.25) is 24.4 Å². The summed E-state index contributed by atoms with van der Waals surface area (Å²) in [4.78, 5) is 56.9. The summed E-state index contributed by atoms with van der Waals surface area (Å²) < 4.78 is 38.1. The molecule has 2 aromatic heterocycles. The average molecular weight is 684 g/mol. The number of piperidine rings is 1. The SMILES string of the molecule is COC1CCN(Cc2ccc(-c3ccc(-c4cn(C(CCC(=O)OC(C)(C)C)C(N)=O)c(=O)o4)c(F)c3)nc2NC(=O)OC(C)(C)C)CC1. The third kappa shape index (κ3) is 10.5. The number of hydrogen-bond acceptors (Lipinski definition) is 10. The molecule has 13 nitrogen and oxygen atoms in total. The van der Waals surface area contributed by atoms with Crippen molar-refractivity contribution in [3.8, 4) is 22.6 Å². The minimum Gasteiger partial charge on any atom is -0.460 e. The number of carbonyl (C=O) groups is 3. The van der Waals surface area contributed by atoms with Gasteiger partial charge in [-0.2, -0.15) is 0 Å². The molecule has 1 fully saturated rings. The summed E-state index contributed by atoms with van der Waals surface area (Å²) in [6.45, 7) is 12.6. The first-order valence-electron chi connectivity index (χ1n) is 16.2. The highest BCUT2D eigenvalue weighted by atomic mass is 19.1. The van der Waals surface area contributed by atoms with Crippen molar-refractivity contribution >= 4 is 23.8 Å². The number of aromatic nitrogens is 2. The van der Waals surface area contributed by atoms with E-state index in [0.29, 0.717) is 17.8 Å². The lowest BCUT2D eigenvalue weighted by atomic mass is 10.0. The Kier molecular flexibility index (Phi) is 11.7. The van der Waals surface area contributed by atoms with Crippen LogP contribution in [0.25, 0.3) is 22.6 Å². The zero-order valence-corrected chi connectivity index (χ0v) is 29.1. The van der Waals surface area contributed by atoms with Crippen LogP contribution in [0, 0.1) is 5.82 Å². The summed E-state index contributed by atoms with van der Waals surface area (Å²) in [7, 11) is 1.71. The summed E-state index contributed by atoms with van der Waals surface area (Å²) in [6.07, 6.45) is 2.23. The summed E-state index contributed by atoms with van der Waals surface area (Å²) in [5.41, 5.74) is 5.59. The fourth-order valence-electron chi connectivity index (χ4n) is 5.46. The number of amides is 2. The highest BCUT2D eigenvalue weighted by Crippen LogP contribution is 2.30. The van der Waals surface area contributed by atoms with Gasteiger partial charge in [-0.05, 0) is 79.0 Å². The molecular weight excluding hydrogens is 637 g/mol. The first-order chi connectivity index (χ1) is 22.9. The van der Waals surface area contributed by atoms with Gasteiger partial charge >= 0.3 is 17.8 Å². The van der Waals surface area contributed by atoms with E-state index >= 15 is 4.39 Å². The number of benzene rings is 1. The van der Waals surface area contributed by atoms with Gasteiger partial charge in [0.05, 0.1) is 23.6 Å². The lowest BCUT2D eigenvalue weighted by Gasteiger charge is -2.31. The molecule has 1 atom stereocenters. The van der Waals surface area contributed by atoms with Crippen molar-refractivity contribution in [2.45, 2.75) is 97.1 Å². The highest BCUT2D eigenvalue weighted by Gasteiger charge is 2.26. The molecule has 0 radical (unpaired) electrons. The smallest absolute Gasteiger partial charge is 0.420 e. The molecule has 0 bridgehead atoms. The molecule has 0 aliphatic carbocycles. The number of methoxy groups -OCH3 is 1. The van der Waals surface area contributed by atoms with E-state index in [1.54, 1.807) is 60.8 Å². The van der Waals surface area contributed by atoms with Gasteiger partial charge in [-0.25, -0.2) is 19.0 Å². The third-order valence-electron chi connectivity index (χ3n) is 7.76. The zero-order valence-electron chi connectivity index (χ0n) is 29.1. The quantitative estimate of drug-likeness (QED) is 0.249. The van der Waals surface area contributed by atoms with Crippen LogP contribution in [-0.4, -0.2) is 69.9 Å².